The highest BCUT2D eigenvalue weighted by atomic mass is 32.2. The highest BCUT2D eigenvalue weighted by Crippen LogP contribution is 2.29. The number of aromatic nitrogens is 1. The number of aliphatic hydroxyl groups excluding tert-OH is 1. The largest absolute Gasteiger partial charge is 0.441 e. The molecule has 3 aromatic rings. The highest BCUT2D eigenvalue weighted by Gasteiger charge is 2.32. The number of hydrogen-bond donors (Lipinski definition) is 2. The fourth-order valence-electron chi connectivity index (χ4n) is 3.40. The number of anilines is 1. The zero-order valence-electron chi connectivity index (χ0n) is 15.5. The van der Waals surface area contributed by atoms with Gasteiger partial charge < -0.3 is 14.8 Å². The monoisotopic (exact) mass is 414 g/mol. The topological polar surface area (TPSA) is 117 Å². The summed E-state index contributed by atoms with van der Waals surface area (Å²) >= 11 is 0. The number of amides is 1. The Balaban J connectivity index is 1.81. The lowest BCUT2D eigenvalue weighted by molar-refractivity contribution is 0.0963. The third-order valence-electron chi connectivity index (χ3n) is 4.80. The average molecular weight is 414 g/mol. The van der Waals surface area contributed by atoms with Gasteiger partial charge in [0.25, 0.3) is 5.56 Å². The van der Waals surface area contributed by atoms with Crippen molar-refractivity contribution in [1.82, 2.24) is 4.98 Å². The van der Waals surface area contributed by atoms with E-state index in [1.54, 1.807) is 42.5 Å². The Kier molecular flexibility index (Phi) is 4.64. The van der Waals surface area contributed by atoms with Crippen LogP contribution in [0.5, 0.6) is 0 Å². The van der Waals surface area contributed by atoms with Crippen molar-refractivity contribution >= 4 is 32.4 Å². The van der Waals surface area contributed by atoms with Crippen molar-refractivity contribution in [3.05, 3.63) is 58.9 Å². The zero-order chi connectivity index (χ0) is 20.8. The lowest BCUT2D eigenvalue weighted by Gasteiger charge is -2.14. The molecule has 0 unspecified atom stereocenters. The number of carbonyl (C=O) groups excluding carboxylic acids is 1. The molecule has 1 amide bonds. The summed E-state index contributed by atoms with van der Waals surface area (Å²) in [6, 6.07) is 13.1. The van der Waals surface area contributed by atoms with Crippen molar-refractivity contribution < 1.29 is 23.1 Å². The van der Waals surface area contributed by atoms with Crippen LogP contribution in [0.25, 0.3) is 22.0 Å². The van der Waals surface area contributed by atoms with Gasteiger partial charge in [-0.25, -0.2) is 13.2 Å². The number of aromatic amines is 1. The first-order chi connectivity index (χ1) is 13.8. The molecule has 150 valence electrons. The standard InChI is InChI=1S/C20H18N2O6S/c1-29(26,27)18-5-3-2-4-15(18)17-8-12-6-7-13(9-16(12)19(24)21-17)22-10-14(11-23)28-20(22)25/h2-9,14,23H,10-11H2,1H3,(H,21,24)/t14-/m1/s1. The molecule has 0 radical (unpaired) electrons. The molecule has 1 aliphatic heterocycles. The summed E-state index contributed by atoms with van der Waals surface area (Å²) in [6.45, 7) is -0.0852. The quantitative estimate of drug-likeness (QED) is 0.674. The molecule has 4 rings (SSSR count). The van der Waals surface area contributed by atoms with Gasteiger partial charge >= 0.3 is 6.09 Å². The number of carbonyl (C=O) groups is 1. The fourth-order valence-corrected chi connectivity index (χ4v) is 4.30. The van der Waals surface area contributed by atoms with Crippen LogP contribution >= 0.6 is 0 Å². The Bertz CT molecular complexity index is 1280. The molecular formula is C20H18N2O6S. The van der Waals surface area contributed by atoms with Gasteiger partial charge in [0.05, 0.1) is 23.7 Å². The van der Waals surface area contributed by atoms with Crippen molar-refractivity contribution in [3.8, 4) is 11.3 Å². The zero-order valence-corrected chi connectivity index (χ0v) is 16.3. The van der Waals surface area contributed by atoms with Gasteiger partial charge in [-0.05, 0) is 29.7 Å². The number of rotatable bonds is 4. The van der Waals surface area contributed by atoms with Crippen LogP contribution in [0.3, 0.4) is 0 Å². The second-order valence-electron chi connectivity index (χ2n) is 6.85. The first-order valence-corrected chi connectivity index (χ1v) is 10.7. The maximum atomic E-state index is 12.7. The molecule has 2 N–H and O–H groups in total. The number of ether oxygens (including phenoxy) is 1. The minimum atomic E-state index is -3.48. The Morgan fingerprint density at radius 3 is 2.62 bits per heavy atom. The maximum Gasteiger partial charge on any atom is 0.414 e. The molecule has 2 heterocycles. The molecular weight excluding hydrogens is 396 g/mol. The number of hydrogen-bond acceptors (Lipinski definition) is 6. The van der Waals surface area contributed by atoms with Crippen LogP contribution in [0, 0.1) is 0 Å². The first-order valence-electron chi connectivity index (χ1n) is 8.83. The van der Waals surface area contributed by atoms with Crippen molar-refractivity contribution in [1.29, 1.82) is 0 Å². The smallest absolute Gasteiger partial charge is 0.414 e. The van der Waals surface area contributed by atoms with E-state index in [4.69, 9.17) is 4.74 Å². The highest BCUT2D eigenvalue weighted by molar-refractivity contribution is 7.90. The molecule has 0 bridgehead atoms. The molecule has 2 aromatic carbocycles. The molecule has 0 saturated carbocycles. The van der Waals surface area contributed by atoms with Crippen molar-refractivity contribution in [3.63, 3.8) is 0 Å². The van der Waals surface area contributed by atoms with Crippen LogP contribution < -0.4 is 10.5 Å². The number of aliphatic hydroxyl groups is 1. The second kappa shape index (κ2) is 7.02. The number of cyclic esters (lactones) is 1. The first kappa shape index (κ1) is 19.2. The second-order valence-corrected chi connectivity index (χ2v) is 8.84. The maximum absolute atomic E-state index is 12.7. The Hall–Kier alpha value is -3.17. The summed E-state index contributed by atoms with van der Waals surface area (Å²) in [7, 11) is -3.48. The van der Waals surface area contributed by atoms with Gasteiger partial charge in [0.1, 0.15) is 6.10 Å². The van der Waals surface area contributed by atoms with Crippen LogP contribution in [0.2, 0.25) is 0 Å². The van der Waals surface area contributed by atoms with Crippen LogP contribution in [0.15, 0.2) is 58.2 Å². The summed E-state index contributed by atoms with van der Waals surface area (Å²) < 4.78 is 29.2. The van der Waals surface area contributed by atoms with E-state index < -0.39 is 27.6 Å². The van der Waals surface area contributed by atoms with E-state index >= 15 is 0 Å². The molecule has 0 spiro atoms. The van der Waals surface area contributed by atoms with E-state index in [-0.39, 0.29) is 18.0 Å². The van der Waals surface area contributed by atoms with Gasteiger partial charge in [0, 0.05) is 22.9 Å². The van der Waals surface area contributed by atoms with E-state index in [1.165, 1.54) is 11.0 Å². The molecule has 1 saturated heterocycles. The third-order valence-corrected chi connectivity index (χ3v) is 5.95. The number of fused-ring (bicyclic) bond motifs is 1. The summed E-state index contributed by atoms with van der Waals surface area (Å²) in [6.07, 6.45) is -0.0728. The molecule has 0 aliphatic carbocycles. The summed E-state index contributed by atoms with van der Waals surface area (Å²) in [5.74, 6) is 0. The number of benzene rings is 2. The van der Waals surface area contributed by atoms with Gasteiger partial charge in [-0.2, -0.15) is 0 Å². The SMILES string of the molecule is CS(=O)(=O)c1ccccc1-c1cc2ccc(N3C[C@H](CO)OC3=O)cc2c(=O)[nH]1. The number of nitrogens with zero attached hydrogens (tertiary/aromatic N) is 1. The lowest BCUT2D eigenvalue weighted by atomic mass is 10.1. The molecule has 1 aromatic heterocycles. The molecule has 1 atom stereocenters. The summed E-state index contributed by atoms with van der Waals surface area (Å²) in [5, 5.41) is 10.1. The molecule has 1 fully saturated rings. The molecule has 1 aliphatic rings. The average Bonchev–Trinajstić information content (AvgIpc) is 3.08. The van der Waals surface area contributed by atoms with Gasteiger partial charge in [0.15, 0.2) is 9.84 Å². The normalized spacial score (nSPS) is 17.0. The van der Waals surface area contributed by atoms with E-state index in [1.807, 2.05) is 0 Å². The van der Waals surface area contributed by atoms with Crippen molar-refractivity contribution in [2.75, 3.05) is 24.3 Å². The predicted molar refractivity (Wildman–Crippen MR) is 108 cm³/mol. The summed E-state index contributed by atoms with van der Waals surface area (Å²) in [4.78, 5) is 28.9. The number of sulfone groups is 1. The van der Waals surface area contributed by atoms with Gasteiger partial charge in [-0.3, -0.25) is 9.69 Å². The lowest BCUT2D eigenvalue weighted by Crippen LogP contribution is -2.25. The van der Waals surface area contributed by atoms with Crippen LogP contribution in [0.4, 0.5) is 10.5 Å². The Morgan fingerprint density at radius 1 is 1.17 bits per heavy atom. The Morgan fingerprint density at radius 2 is 1.93 bits per heavy atom. The fraction of sp³-hybridized carbons (Fsp3) is 0.200. The van der Waals surface area contributed by atoms with E-state index in [9.17, 15) is 23.1 Å². The van der Waals surface area contributed by atoms with Gasteiger partial charge in [-0.15, -0.1) is 0 Å². The van der Waals surface area contributed by atoms with Crippen molar-refractivity contribution in [2.45, 2.75) is 11.0 Å². The van der Waals surface area contributed by atoms with Gasteiger partial charge in [-0.1, -0.05) is 24.3 Å². The van der Waals surface area contributed by atoms with E-state index in [2.05, 4.69) is 4.98 Å². The molecule has 8 nitrogen and oxygen atoms in total. The van der Waals surface area contributed by atoms with Crippen LogP contribution in [-0.2, 0) is 14.6 Å². The number of H-pyrrole nitrogens is 1. The summed E-state index contributed by atoms with van der Waals surface area (Å²) in [5.41, 5.74) is 0.867. The van der Waals surface area contributed by atoms with Crippen molar-refractivity contribution in [2.24, 2.45) is 0 Å². The minimum Gasteiger partial charge on any atom is -0.441 e. The van der Waals surface area contributed by atoms with E-state index in [0.29, 0.717) is 27.7 Å². The number of pyridine rings is 1. The number of nitrogens with one attached hydrogen (secondary N) is 1. The molecule has 9 heteroatoms. The van der Waals surface area contributed by atoms with Crippen LogP contribution in [-0.4, -0.2) is 50.1 Å². The van der Waals surface area contributed by atoms with Gasteiger partial charge in [0.2, 0.25) is 0 Å². The van der Waals surface area contributed by atoms with Crippen LogP contribution in [0.1, 0.15) is 0 Å². The predicted octanol–water partition coefficient (Wildman–Crippen LogP) is 1.92. The van der Waals surface area contributed by atoms with E-state index in [0.717, 1.165) is 6.26 Å². The molecule has 29 heavy (non-hydrogen) atoms. The Labute approximate surface area is 166 Å². The third kappa shape index (κ3) is 3.50. The minimum absolute atomic E-state index is 0.126.